The van der Waals surface area contributed by atoms with E-state index in [2.05, 4.69) is 10.3 Å². The lowest BCUT2D eigenvalue weighted by atomic mass is 9.66. The lowest BCUT2D eigenvalue weighted by Gasteiger charge is -2.49. The second kappa shape index (κ2) is 4.72. The summed E-state index contributed by atoms with van der Waals surface area (Å²) >= 11 is 0. The van der Waals surface area contributed by atoms with Crippen molar-refractivity contribution >= 4 is 0 Å². The van der Waals surface area contributed by atoms with Crippen molar-refractivity contribution in [3.05, 3.63) is 28.9 Å². The molecule has 1 aliphatic heterocycles. The molecular weight excluding hydrogens is 242 g/mol. The molecule has 0 bridgehead atoms. The first-order valence-electron chi connectivity index (χ1n) is 7.09. The first kappa shape index (κ1) is 12.8. The molecular formula is C14H21N3O2. The van der Waals surface area contributed by atoms with E-state index in [-0.39, 0.29) is 11.0 Å². The van der Waals surface area contributed by atoms with Gasteiger partial charge in [0.1, 0.15) is 0 Å². The van der Waals surface area contributed by atoms with Crippen LogP contribution in [0.4, 0.5) is 0 Å². The van der Waals surface area contributed by atoms with E-state index in [0.717, 1.165) is 25.9 Å². The smallest absolute Gasteiger partial charge is 0.253 e. The third-order valence-corrected chi connectivity index (χ3v) is 4.95. The van der Waals surface area contributed by atoms with Crippen molar-refractivity contribution in [2.45, 2.75) is 44.2 Å². The Morgan fingerprint density at radius 3 is 2.89 bits per heavy atom. The summed E-state index contributed by atoms with van der Waals surface area (Å²) in [6.07, 6.45) is 8.17. The Hall–Kier alpha value is -1.20. The van der Waals surface area contributed by atoms with Gasteiger partial charge in [-0.05, 0) is 25.8 Å². The van der Waals surface area contributed by atoms with Gasteiger partial charge in [0.25, 0.3) is 5.56 Å². The van der Waals surface area contributed by atoms with Gasteiger partial charge in [0.2, 0.25) is 0 Å². The number of aliphatic hydroxyl groups is 1. The molecule has 1 unspecified atom stereocenters. The zero-order valence-corrected chi connectivity index (χ0v) is 11.1. The lowest BCUT2D eigenvalue weighted by Crippen LogP contribution is -2.60. The van der Waals surface area contributed by atoms with Crippen molar-refractivity contribution in [3.8, 4) is 0 Å². The summed E-state index contributed by atoms with van der Waals surface area (Å²) in [5.74, 6) is 0. The minimum atomic E-state index is -0.790. The zero-order chi connectivity index (χ0) is 13.3. The SMILES string of the molecule is O=c1ccncn1CC1(O)CCNCC12CCCC2. The molecule has 0 aromatic carbocycles. The fourth-order valence-corrected chi connectivity index (χ4v) is 3.77. The van der Waals surface area contributed by atoms with Gasteiger partial charge < -0.3 is 10.4 Å². The van der Waals surface area contributed by atoms with Crippen LogP contribution in [-0.4, -0.2) is 33.3 Å². The van der Waals surface area contributed by atoms with Crippen LogP contribution in [0, 0.1) is 5.41 Å². The standard InChI is InChI=1S/C14H21N3O2/c18-12-3-7-16-11-17(12)10-14(19)6-8-15-9-13(14)4-1-2-5-13/h3,7,11,15,19H,1-2,4-6,8-10H2. The molecule has 19 heavy (non-hydrogen) atoms. The van der Waals surface area contributed by atoms with Crippen molar-refractivity contribution in [3.63, 3.8) is 0 Å². The van der Waals surface area contributed by atoms with E-state index in [0.29, 0.717) is 13.0 Å². The largest absolute Gasteiger partial charge is 0.387 e. The van der Waals surface area contributed by atoms with Crippen molar-refractivity contribution in [2.75, 3.05) is 13.1 Å². The summed E-state index contributed by atoms with van der Waals surface area (Å²) in [7, 11) is 0. The Kier molecular flexibility index (Phi) is 3.19. The van der Waals surface area contributed by atoms with E-state index in [1.54, 1.807) is 4.57 Å². The molecule has 104 valence electrons. The molecule has 1 aromatic heterocycles. The maximum atomic E-state index is 11.8. The molecule has 2 fully saturated rings. The van der Waals surface area contributed by atoms with Crippen molar-refractivity contribution in [1.29, 1.82) is 0 Å². The molecule has 5 nitrogen and oxygen atoms in total. The molecule has 1 aromatic rings. The van der Waals surface area contributed by atoms with E-state index >= 15 is 0 Å². The van der Waals surface area contributed by atoms with Crippen LogP contribution in [-0.2, 0) is 6.54 Å². The molecule has 0 amide bonds. The van der Waals surface area contributed by atoms with Crippen LogP contribution in [0.2, 0.25) is 0 Å². The number of hydrogen-bond donors (Lipinski definition) is 2. The van der Waals surface area contributed by atoms with Gasteiger partial charge >= 0.3 is 0 Å². The number of nitrogens with zero attached hydrogens (tertiary/aromatic N) is 2. The summed E-state index contributed by atoms with van der Waals surface area (Å²) < 4.78 is 1.55. The Labute approximate surface area is 112 Å². The topological polar surface area (TPSA) is 67.2 Å². The van der Waals surface area contributed by atoms with Crippen LogP contribution in [0.15, 0.2) is 23.4 Å². The monoisotopic (exact) mass is 263 g/mol. The van der Waals surface area contributed by atoms with Crippen LogP contribution in [0.1, 0.15) is 32.1 Å². The summed E-state index contributed by atoms with van der Waals surface area (Å²) in [6.45, 7) is 2.03. The van der Waals surface area contributed by atoms with Gasteiger partial charge in [-0.2, -0.15) is 0 Å². The molecule has 2 heterocycles. The molecule has 2 aliphatic rings. The molecule has 0 radical (unpaired) electrons. The molecule has 1 saturated heterocycles. The van der Waals surface area contributed by atoms with Crippen LogP contribution in [0.5, 0.6) is 0 Å². The Morgan fingerprint density at radius 2 is 2.16 bits per heavy atom. The average Bonchev–Trinajstić information content (AvgIpc) is 2.87. The summed E-state index contributed by atoms with van der Waals surface area (Å²) in [5.41, 5.74) is -0.947. The Balaban J connectivity index is 1.92. The highest BCUT2D eigenvalue weighted by Gasteiger charge is 2.53. The van der Waals surface area contributed by atoms with Gasteiger partial charge in [-0.15, -0.1) is 0 Å². The highest BCUT2D eigenvalue weighted by atomic mass is 16.3. The minimum absolute atomic E-state index is 0.0689. The maximum absolute atomic E-state index is 11.8. The number of aromatic nitrogens is 2. The second-order valence-electron chi connectivity index (χ2n) is 5.99. The highest BCUT2D eigenvalue weighted by Crippen LogP contribution is 2.49. The number of piperidine rings is 1. The van der Waals surface area contributed by atoms with E-state index in [9.17, 15) is 9.90 Å². The maximum Gasteiger partial charge on any atom is 0.253 e. The van der Waals surface area contributed by atoms with Crippen molar-refractivity contribution in [2.24, 2.45) is 5.41 Å². The summed E-state index contributed by atoms with van der Waals surface area (Å²) in [6, 6.07) is 1.45. The molecule has 1 spiro atoms. The van der Waals surface area contributed by atoms with Gasteiger partial charge in [-0.1, -0.05) is 12.8 Å². The third-order valence-electron chi connectivity index (χ3n) is 4.95. The minimum Gasteiger partial charge on any atom is -0.387 e. The molecule has 1 atom stereocenters. The van der Waals surface area contributed by atoms with Gasteiger partial charge in [0.15, 0.2) is 0 Å². The van der Waals surface area contributed by atoms with E-state index in [4.69, 9.17) is 0 Å². The van der Waals surface area contributed by atoms with Crippen LogP contribution < -0.4 is 10.9 Å². The summed E-state index contributed by atoms with van der Waals surface area (Å²) in [5, 5.41) is 14.6. The molecule has 2 N–H and O–H groups in total. The average molecular weight is 263 g/mol. The third kappa shape index (κ3) is 2.11. The highest BCUT2D eigenvalue weighted by molar-refractivity contribution is 5.06. The normalized spacial score (nSPS) is 29.7. The summed E-state index contributed by atoms with van der Waals surface area (Å²) in [4.78, 5) is 15.8. The molecule has 5 heteroatoms. The fraction of sp³-hybridized carbons (Fsp3) is 0.714. The first-order chi connectivity index (χ1) is 9.15. The van der Waals surface area contributed by atoms with E-state index in [1.165, 1.54) is 31.4 Å². The number of rotatable bonds is 2. The van der Waals surface area contributed by atoms with E-state index in [1.807, 2.05) is 0 Å². The van der Waals surface area contributed by atoms with Gasteiger partial charge in [0, 0.05) is 24.2 Å². The molecule has 3 rings (SSSR count). The Morgan fingerprint density at radius 1 is 1.37 bits per heavy atom. The zero-order valence-electron chi connectivity index (χ0n) is 11.1. The van der Waals surface area contributed by atoms with Gasteiger partial charge in [0.05, 0.1) is 18.5 Å². The quantitative estimate of drug-likeness (QED) is 0.816. The number of nitrogens with one attached hydrogen (secondary N) is 1. The second-order valence-corrected chi connectivity index (χ2v) is 5.99. The van der Waals surface area contributed by atoms with Gasteiger partial charge in [-0.25, -0.2) is 4.98 Å². The fourth-order valence-electron chi connectivity index (χ4n) is 3.77. The first-order valence-corrected chi connectivity index (χ1v) is 7.09. The Bertz CT molecular complexity index is 507. The lowest BCUT2D eigenvalue weighted by molar-refractivity contribution is -0.115. The molecule has 1 aliphatic carbocycles. The van der Waals surface area contributed by atoms with Gasteiger partial charge in [-0.3, -0.25) is 9.36 Å². The van der Waals surface area contributed by atoms with Crippen LogP contribution >= 0.6 is 0 Å². The van der Waals surface area contributed by atoms with Crippen molar-refractivity contribution in [1.82, 2.24) is 14.9 Å². The van der Waals surface area contributed by atoms with Crippen molar-refractivity contribution < 1.29 is 5.11 Å². The molecule has 1 saturated carbocycles. The van der Waals surface area contributed by atoms with E-state index < -0.39 is 5.60 Å². The van der Waals surface area contributed by atoms with Crippen LogP contribution in [0.25, 0.3) is 0 Å². The predicted octanol–water partition coefficient (Wildman–Crippen LogP) is 0.528. The predicted molar refractivity (Wildman–Crippen MR) is 71.8 cm³/mol. The van der Waals surface area contributed by atoms with Crippen LogP contribution in [0.3, 0.4) is 0 Å². The number of hydrogen-bond acceptors (Lipinski definition) is 4.